The molecule has 0 aromatic heterocycles. The zero-order valence-electron chi connectivity index (χ0n) is 11.4. The van der Waals surface area contributed by atoms with Gasteiger partial charge < -0.3 is 15.2 Å². The highest BCUT2D eigenvalue weighted by atomic mass is 32.2. The van der Waals surface area contributed by atoms with Crippen LogP contribution in [0.5, 0.6) is 5.75 Å². The third-order valence-electron chi connectivity index (χ3n) is 2.90. The first-order chi connectivity index (χ1) is 8.71. The number of hydrogen-bond acceptors (Lipinski definition) is 4. The Hall–Kier alpha value is -0.710. The van der Waals surface area contributed by atoms with E-state index in [2.05, 4.69) is 23.5 Å². The predicted octanol–water partition coefficient (Wildman–Crippen LogP) is 2.67. The minimum Gasteiger partial charge on any atom is -0.496 e. The normalized spacial score (nSPS) is 12.4. The summed E-state index contributed by atoms with van der Waals surface area (Å²) in [5, 5.41) is 12.8. The van der Waals surface area contributed by atoms with Gasteiger partial charge in [-0.3, -0.25) is 0 Å². The summed E-state index contributed by atoms with van der Waals surface area (Å²) in [5.41, 5.74) is 1.20. The van der Waals surface area contributed by atoms with Gasteiger partial charge >= 0.3 is 0 Å². The van der Waals surface area contributed by atoms with Crippen LogP contribution in [0.2, 0.25) is 0 Å². The maximum Gasteiger partial charge on any atom is 0.132 e. The summed E-state index contributed by atoms with van der Waals surface area (Å²) in [6.45, 7) is 3.64. The molecule has 0 bridgehead atoms. The molecule has 0 amide bonds. The van der Waals surface area contributed by atoms with Crippen LogP contribution < -0.4 is 10.1 Å². The summed E-state index contributed by atoms with van der Waals surface area (Å²) in [4.78, 5) is 1.16. The van der Waals surface area contributed by atoms with Crippen molar-refractivity contribution in [3.05, 3.63) is 23.8 Å². The van der Waals surface area contributed by atoms with E-state index in [9.17, 15) is 5.11 Å². The molecule has 0 saturated heterocycles. The number of hydrogen-bond donors (Lipinski definition) is 2. The summed E-state index contributed by atoms with van der Waals surface area (Å²) in [7, 11) is 1.70. The number of methoxy groups -OCH3 is 1. The largest absolute Gasteiger partial charge is 0.496 e. The molecule has 0 aliphatic carbocycles. The third-order valence-corrected chi connectivity index (χ3v) is 3.68. The van der Waals surface area contributed by atoms with E-state index in [-0.39, 0.29) is 6.10 Å². The fourth-order valence-corrected chi connectivity index (χ4v) is 2.24. The molecule has 102 valence electrons. The molecule has 1 unspecified atom stereocenters. The summed E-state index contributed by atoms with van der Waals surface area (Å²) < 4.78 is 5.35. The lowest BCUT2D eigenvalue weighted by Gasteiger charge is -2.11. The molecule has 0 aliphatic rings. The molecule has 0 heterocycles. The van der Waals surface area contributed by atoms with Gasteiger partial charge in [-0.05, 0) is 43.3 Å². The number of ether oxygens (including phenoxy) is 1. The van der Waals surface area contributed by atoms with Crippen LogP contribution in [0.4, 0.5) is 0 Å². The Bertz CT molecular complexity index is 358. The minimum absolute atomic E-state index is 0.189. The molecular formula is C14H23NO2S. The molecule has 0 aliphatic heterocycles. The van der Waals surface area contributed by atoms with Crippen LogP contribution in [0.15, 0.2) is 23.1 Å². The second-order valence-corrected chi connectivity index (χ2v) is 5.06. The Morgan fingerprint density at radius 1 is 1.44 bits per heavy atom. The van der Waals surface area contributed by atoms with Crippen LogP contribution >= 0.6 is 11.8 Å². The second-order valence-electron chi connectivity index (χ2n) is 4.22. The summed E-state index contributed by atoms with van der Waals surface area (Å²) >= 11 is 1.69. The lowest BCUT2D eigenvalue weighted by molar-refractivity contribution is 0.159. The minimum atomic E-state index is -0.189. The van der Waals surface area contributed by atoms with Crippen molar-refractivity contribution >= 4 is 11.8 Å². The van der Waals surface area contributed by atoms with Crippen molar-refractivity contribution < 1.29 is 9.84 Å². The molecule has 0 saturated carbocycles. The van der Waals surface area contributed by atoms with Crippen molar-refractivity contribution in [1.29, 1.82) is 0 Å². The van der Waals surface area contributed by atoms with Gasteiger partial charge in [-0.1, -0.05) is 13.0 Å². The molecule has 4 heteroatoms. The highest BCUT2D eigenvalue weighted by Gasteiger charge is 2.04. The molecule has 1 aromatic carbocycles. The lowest BCUT2D eigenvalue weighted by Crippen LogP contribution is -2.19. The molecule has 2 N–H and O–H groups in total. The number of benzene rings is 1. The zero-order valence-corrected chi connectivity index (χ0v) is 12.2. The number of rotatable bonds is 8. The Kier molecular flexibility index (Phi) is 7.16. The maximum absolute atomic E-state index is 9.44. The average Bonchev–Trinajstić information content (AvgIpc) is 2.42. The van der Waals surface area contributed by atoms with E-state index in [1.165, 1.54) is 5.56 Å². The van der Waals surface area contributed by atoms with E-state index in [1.54, 1.807) is 18.9 Å². The number of aliphatic hydroxyl groups is 1. The van der Waals surface area contributed by atoms with E-state index < -0.39 is 0 Å². The van der Waals surface area contributed by atoms with E-state index in [0.29, 0.717) is 0 Å². The molecule has 3 nitrogen and oxygen atoms in total. The van der Waals surface area contributed by atoms with Crippen molar-refractivity contribution in [2.75, 3.05) is 19.9 Å². The fourth-order valence-electron chi connectivity index (χ4n) is 1.70. The van der Waals surface area contributed by atoms with E-state index >= 15 is 0 Å². The van der Waals surface area contributed by atoms with Crippen LogP contribution in [-0.2, 0) is 6.54 Å². The highest BCUT2D eigenvalue weighted by molar-refractivity contribution is 7.98. The van der Waals surface area contributed by atoms with E-state index in [0.717, 1.165) is 36.6 Å². The van der Waals surface area contributed by atoms with Crippen molar-refractivity contribution in [1.82, 2.24) is 5.32 Å². The van der Waals surface area contributed by atoms with E-state index in [1.807, 2.05) is 13.2 Å². The molecular weight excluding hydrogens is 246 g/mol. The van der Waals surface area contributed by atoms with Crippen LogP contribution in [-0.4, -0.2) is 31.1 Å². The third kappa shape index (κ3) is 4.88. The van der Waals surface area contributed by atoms with Crippen molar-refractivity contribution in [2.45, 2.75) is 37.3 Å². The first kappa shape index (κ1) is 15.3. The van der Waals surface area contributed by atoms with Gasteiger partial charge in [-0.25, -0.2) is 0 Å². The van der Waals surface area contributed by atoms with Gasteiger partial charge in [0.05, 0.1) is 13.2 Å². The first-order valence-corrected chi connectivity index (χ1v) is 7.53. The van der Waals surface area contributed by atoms with E-state index in [4.69, 9.17) is 4.74 Å². The van der Waals surface area contributed by atoms with Gasteiger partial charge in [0.25, 0.3) is 0 Å². The Morgan fingerprint density at radius 3 is 2.83 bits per heavy atom. The number of thioether (sulfide) groups is 1. The van der Waals surface area contributed by atoms with Gasteiger partial charge in [0.2, 0.25) is 0 Å². The van der Waals surface area contributed by atoms with Gasteiger partial charge in [-0.15, -0.1) is 11.8 Å². The molecule has 0 radical (unpaired) electrons. The quantitative estimate of drug-likeness (QED) is 0.562. The number of nitrogens with one attached hydrogen (secondary N) is 1. The van der Waals surface area contributed by atoms with Crippen molar-refractivity contribution in [3.8, 4) is 5.75 Å². The summed E-state index contributed by atoms with van der Waals surface area (Å²) in [6.07, 6.45) is 3.47. The smallest absolute Gasteiger partial charge is 0.132 e. The Balaban J connectivity index is 2.43. The second kappa shape index (κ2) is 8.40. The van der Waals surface area contributed by atoms with Crippen LogP contribution in [0.1, 0.15) is 25.3 Å². The van der Waals surface area contributed by atoms with Gasteiger partial charge in [0.15, 0.2) is 0 Å². The average molecular weight is 269 g/mol. The van der Waals surface area contributed by atoms with Crippen LogP contribution in [0.3, 0.4) is 0 Å². The Labute approximate surface area is 114 Å². The standard InChI is InChI=1S/C14H23NO2S/c1-4-12(16)7-8-15-10-11-5-6-14(18-3)13(9-11)17-2/h5-6,9,12,15-16H,4,7-8,10H2,1-3H3. The number of aliphatic hydroxyl groups excluding tert-OH is 1. The summed E-state index contributed by atoms with van der Waals surface area (Å²) in [6, 6.07) is 6.26. The van der Waals surface area contributed by atoms with Gasteiger partial charge in [0.1, 0.15) is 5.75 Å². The molecule has 1 aromatic rings. The maximum atomic E-state index is 9.44. The first-order valence-electron chi connectivity index (χ1n) is 6.31. The molecule has 0 spiro atoms. The molecule has 18 heavy (non-hydrogen) atoms. The zero-order chi connectivity index (χ0) is 13.4. The SMILES string of the molecule is CCC(O)CCNCc1ccc(SC)c(OC)c1. The van der Waals surface area contributed by atoms with Crippen molar-refractivity contribution in [2.24, 2.45) is 0 Å². The van der Waals surface area contributed by atoms with Crippen molar-refractivity contribution in [3.63, 3.8) is 0 Å². The van der Waals surface area contributed by atoms with Crippen LogP contribution in [0, 0.1) is 0 Å². The molecule has 1 rings (SSSR count). The summed E-state index contributed by atoms with van der Waals surface area (Å²) in [5.74, 6) is 0.926. The molecule has 1 atom stereocenters. The van der Waals surface area contributed by atoms with Crippen LogP contribution in [0.25, 0.3) is 0 Å². The monoisotopic (exact) mass is 269 g/mol. The topological polar surface area (TPSA) is 41.5 Å². The van der Waals surface area contributed by atoms with Gasteiger partial charge in [-0.2, -0.15) is 0 Å². The Morgan fingerprint density at radius 2 is 2.22 bits per heavy atom. The fraction of sp³-hybridized carbons (Fsp3) is 0.571. The lowest BCUT2D eigenvalue weighted by atomic mass is 10.2. The van der Waals surface area contributed by atoms with Gasteiger partial charge in [0, 0.05) is 11.4 Å². The predicted molar refractivity (Wildman–Crippen MR) is 77.4 cm³/mol. The molecule has 0 fully saturated rings. The highest BCUT2D eigenvalue weighted by Crippen LogP contribution is 2.28.